The second-order valence-corrected chi connectivity index (χ2v) is 8.66. The van der Waals surface area contributed by atoms with Crippen LogP contribution in [0.4, 0.5) is 0 Å². The third kappa shape index (κ3) is 5.46. The van der Waals surface area contributed by atoms with Crippen molar-refractivity contribution in [3.05, 3.63) is 45.7 Å². The highest BCUT2D eigenvalue weighted by molar-refractivity contribution is 7.99. The Morgan fingerprint density at radius 2 is 1.96 bits per heavy atom. The third-order valence-corrected chi connectivity index (χ3v) is 5.27. The number of carbonyl (C=O) groups excluding carboxylic acids is 1. The first-order chi connectivity index (χ1) is 13.2. The lowest BCUT2D eigenvalue weighted by molar-refractivity contribution is -0.119. The van der Waals surface area contributed by atoms with Crippen LogP contribution < -0.4 is 10.9 Å². The normalized spacial score (nSPS) is 12.3. The molecule has 0 radical (unpaired) electrons. The second kappa shape index (κ2) is 9.07. The number of benzene rings is 1. The van der Waals surface area contributed by atoms with Gasteiger partial charge in [-0.2, -0.15) is 5.26 Å². The molecule has 0 spiro atoms. The molecule has 1 heterocycles. The van der Waals surface area contributed by atoms with E-state index >= 15 is 0 Å². The molecular weight excluding hydrogens is 372 g/mol. The monoisotopic (exact) mass is 398 g/mol. The molecule has 2 N–H and O–H groups in total. The minimum Gasteiger partial charge on any atom is -0.353 e. The maximum atomic E-state index is 12.3. The molecule has 0 aliphatic rings. The SMILES string of the molecule is CCC(C)NC(=O)CSc1nc(-c2ccc(C(C)(C)C)cc2)c(C#N)c(=O)[nH]1. The molecule has 1 aromatic heterocycles. The van der Waals surface area contributed by atoms with Crippen LogP contribution in [0.1, 0.15) is 52.2 Å². The summed E-state index contributed by atoms with van der Waals surface area (Å²) in [6.45, 7) is 10.3. The van der Waals surface area contributed by atoms with Crippen LogP contribution in [-0.4, -0.2) is 27.7 Å². The fourth-order valence-electron chi connectivity index (χ4n) is 2.51. The van der Waals surface area contributed by atoms with Crippen molar-refractivity contribution < 1.29 is 4.79 Å². The van der Waals surface area contributed by atoms with Crippen LogP contribution in [0.3, 0.4) is 0 Å². The van der Waals surface area contributed by atoms with Crippen molar-refractivity contribution in [2.75, 3.05) is 5.75 Å². The lowest BCUT2D eigenvalue weighted by Crippen LogP contribution is -2.33. The van der Waals surface area contributed by atoms with Gasteiger partial charge in [0.1, 0.15) is 11.6 Å². The average molecular weight is 399 g/mol. The molecule has 0 fully saturated rings. The molecule has 1 aromatic carbocycles. The van der Waals surface area contributed by atoms with Gasteiger partial charge in [-0.3, -0.25) is 9.59 Å². The van der Waals surface area contributed by atoms with Gasteiger partial charge in [-0.25, -0.2) is 4.98 Å². The third-order valence-electron chi connectivity index (χ3n) is 4.39. The fourth-order valence-corrected chi connectivity index (χ4v) is 3.19. The molecule has 1 atom stereocenters. The van der Waals surface area contributed by atoms with E-state index in [4.69, 9.17) is 0 Å². The number of hydrogen-bond donors (Lipinski definition) is 2. The number of hydrogen-bond acceptors (Lipinski definition) is 5. The Bertz CT molecular complexity index is 937. The summed E-state index contributed by atoms with van der Waals surface area (Å²) in [6, 6.07) is 9.73. The van der Waals surface area contributed by atoms with Gasteiger partial charge < -0.3 is 10.3 Å². The second-order valence-electron chi connectivity index (χ2n) is 7.70. The van der Waals surface area contributed by atoms with Gasteiger partial charge in [0.05, 0.1) is 11.4 Å². The number of thioether (sulfide) groups is 1. The number of carbonyl (C=O) groups is 1. The molecule has 0 aliphatic carbocycles. The molecular formula is C21H26N4O2S. The van der Waals surface area contributed by atoms with Crippen LogP contribution in [0.5, 0.6) is 0 Å². The zero-order valence-electron chi connectivity index (χ0n) is 16.9. The smallest absolute Gasteiger partial charge is 0.270 e. The summed E-state index contributed by atoms with van der Waals surface area (Å²) in [6.07, 6.45) is 0.844. The quantitative estimate of drug-likeness (QED) is 0.572. The van der Waals surface area contributed by atoms with Crippen LogP contribution in [0.25, 0.3) is 11.3 Å². The van der Waals surface area contributed by atoms with Crippen molar-refractivity contribution in [1.82, 2.24) is 15.3 Å². The number of nitrogens with zero attached hydrogens (tertiary/aromatic N) is 2. The van der Waals surface area contributed by atoms with Gasteiger partial charge in [0, 0.05) is 11.6 Å². The van der Waals surface area contributed by atoms with Gasteiger partial charge in [-0.05, 0) is 24.3 Å². The van der Waals surface area contributed by atoms with Crippen molar-refractivity contribution >= 4 is 17.7 Å². The van der Waals surface area contributed by atoms with Crippen LogP contribution in [0, 0.1) is 11.3 Å². The predicted molar refractivity (Wildman–Crippen MR) is 112 cm³/mol. The molecule has 2 aromatic rings. The van der Waals surface area contributed by atoms with E-state index < -0.39 is 5.56 Å². The van der Waals surface area contributed by atoms with E-state index in [2.05, 4.69) is 36.1 Å². The molecule has 7 heteroatoms. The van der Waals surface area contributed by atoms with E-state index in [1.165, 1.54) is 0 Å². The van der Waals surface area contributed by atoms with Crippen LogP contribution in [-0.2, 0) is 10.2 Å². The standard InChI is InChI=1S/C21H26N4O2S/c1-6-13(2)23-17(26)12-28-20-24-18(16(11-22)19(27)25-20)14-7-9-15(10-8-14)21(3,4)5/h7-10,13H,6,12H2,1-5H3,(H,23,26)(H,24,25,27). The van der Waals surface area contributed by atoms with Gasteiger partial charge in [0.25, 0.3) is 5.56 Å². The summed E-state index contributed by atoms with van der Waals surface area (Å²) in [5.74, 6) is 0.0177. The molecule has 28 heavy (non-hydrogen) atoms. The highest BCUT2D eigenvalue weighted by atomic mass is 32.2. The Hall–Kier alpha value is -2.59. The molecule has 1 unspecified atom stereocenters. The number of aromatic amines is 1. The zero-order valence-corrected chi connectivity index (χ0v) is 17.7. The summed E-state index contributed by atoms with van der Waals surface area (Å²) in [5.41, 5.74) is 1.64. The number of rotatable bonds is 6. The molecule has 0 saturated carbocycles. The van der Waals surface area contributed by atoms with Crippen molar-refractivity contribution in [3.63, 3.8) is 0 Å². The number of aromatic nitrogens is 2. The summed E-state index contributed by atoms with van der Waals surface area (Å²) in [5, 5.41) is 12.6. The van der Waals surface area contributed by atoms with E-state index in [0.29, 0.717) is 16.4 Å². The van der Waals surface area contributed by atoms with Gasteiger partial charge in [-0.1, -0.05) is 63.7 Å². The van der Waals surface area contributed by atoms with E-state index in [1.54, 1.807) is 0 Å². The number of nitrogens with one attached hydrogen (secondary N) is 2. The highest BCUT2D eigenvalue weighted by Crippen LogP contribution is 2.27. The van der Waals surface area contributed by atoms with Gasteiger partial charge >= 0.3 is 0 Å². The number of amides is 1. The fraction of sp³-hybridized carbons (Fsp3) is 0.429. The van der Waals surface area contributed by atoms with Crippen LogP contribution in [0.2, 0.25) is 0 Å². The molecule has 2 rings (SSSR count). The van der Waals surface area contributed by atoms with Crippen molar-refractivity contribution in [1.29, 1.82) is 5.26 Å². The van der Waals surface area contributed by atoms with E-state index in [-0.39, 0.29) is 28.7 Å². The first kappa shape index (κ1) is 21.7. The van der Waals surface area contributed by atoms with Crippen molar-refractivity contribution in [2.45, 2.75) is 57.7 Å². The van der Waals surface area contributed by atoms with Crippen molar-refractivity contribution in [3.8, 4) is 17.3 Å². The first-order valence-electron chi connectivity index (χ1n) is 9.23. The van der Waals surface area contributed by atoms with E-state index in [9.17, 15) is 14.9 Å². The molecule has 148 valence electrons. The lowest BCUT2D eigenvalue weighted by Gasteiger charge is -2.19. The maximum Gasteiger partial charge on any atom is 0.270 e. The topological polar surface area (TPSA) is 98.6 Å². The van der Waals surface area contributed by atoms with Gasteiger partial charge in [0.2, 0.25) is 5.91 Å². The summed E-state index contributed by atoms with van der Waals surface area (Å²) < 4.78 is 0. The molecule has 0 bridgehead atoms. The van der Waals surface area contributed by atoms with Crippen LogP contribution >= 0.6 is 11.8 Å². The van der Waals surface area contributed by atoms with E-state index in [1.807, 2.05) is 44.2 Å². The maximum absolute atomic E-state index is 12.3. The number of nitriles is 1. The molecule has 0 aliphatic heterocycles. The highest BCUT2D eigenvalue weighted by Gasteiger charge is 2.17. The summed E-state index contributed by atoms with van der Waals surface area (Å²) >= 11 is 1.14. The Balaban J connectivity index is 2.31. The van der Waals surface area contributed by atoms with Gasteiger partial charge in [0.15, 0.2) is 5.16 Å². The Morgan fingerprint density at radius 1 is 1.32 bits per heavy atom. The molecule has 6 nitrogen and oxygen atoms in total. The largest absolute Gasteiger partial charge is 0.353 e. The number of H-pyrrole nitrogens is 1. The van der Waals surface area contributed by atoms with E-state index in [0.717, 1.165) is 23.7 Å². The lowest BCUT2D eigenvalue weighted by atomic mass is 9.86. The molecule has 1 amide bonds. The first-order valence-corrected chi connectivity index (χ1v) is 10.2. The minimum absolute atomic E-state index is 0.00216. The predicted octanol–water partition coefficient (Wildman–Crippen LogP) is 3.61. The molecule has 0 saturated heterocycles. The van der Waals surface area contributed by atoms with Crippen molar-refractivity contribution in [2.24, 2.45) is 0 Å². The summed E-state index contributed by atoms with van der Waals surface area (Å²) in [4.78, 5) is 31.3. The zero-order chi connectivity index (χ0) is 20.9. The van der Waals surface area contributed by atoms with Gasteiger partial charge in [-0.15, -0.1) is 0 Å². The average Bonchev–Trinajstić information content (AvgIpc) is 2.65. The summed E-state index contributed by atoms with van der Waals surface area (Å²) in [7, 11) is 0. The minimum atomic E-state index is -0.503. The van der Waals surface area contributed by atoms with Crippen LogP contribution in [0.15, 0.2) is 34.2 Å². The Labute approximate surface area is 169 Å². The Morgan fingerprint density at radius 3 is 2.50 bits per heavy atom. The Kier molecular flexibility index (Phi) is 7.03.